The van der Waals surface area contributed by atoms with E-state index in [9.17, 15) is 4.79 Å². The molecule has 0 bridgehead atoms. The molecular weight excluding hydrogens is 449 g/mol. The number of carbonyl (C=O) groups is 1. The van der Waals surface area contributed by atoms with Crippen LogP contribution in [0.25, 0.3) is 0 Å². The lowest BCUT2D eigenvalue weighted by molar-refractivity contribution is -0.138. The molecule has 0 fully saturated rings. The highest BCUT2D eigenvalue weighted by Crippen LogP contribution is 2.27. The third-order valence-corrected chi connectivity index (χ3v) is 19.7. The van der Waals surface area contributed by atoms with Gasteiger partial charge in [-0.1, -0.05) is 6.58 Å². The second kappa shape index (κ2) is 12.8. The minimum Gasteiger partial charge on any atom is -0.462 e. The molecule has 6 nitrogen and oxygen atoms in total. The van der Waals surface area contributed by atoms with Gasteiger partial charge in [0, 0.05) is 18.8 Å². The average Bonchev–Trinajstić information content (AvgIpc) is 2.51. The summed E-state index contributed by atoms with van der Waals surface area (Å²) in [6.07, 6.45) is 1.82. The Morgan fingerprint density at radius 1 is 0.767 bits per heavy atom. The summed E-state index contributed by atoms with van der Waals surface area (Å²) in [6.45, 7) is 26.7. The van der Waals surface area contributed by atoms with Crippen LogP contribution in [0.5, 0.6) is 0 Å². The van der Waals surface area contributed by atoms with Crippen molar-refractivity contribution in [1.82, 2.24) is 0 Å². The Labute approximate surface area is 189 Å². The van der Waals surface area contributed by atoms with Gasteiger partial charge in [-0.25, -0.2) is 4.79 Å². The molecule has 0 unspecified atom stereocenters. The summed E-state index contributed by atoms with van der Waals surface area (Å²) in [7, 11) is -8.41. The zero-order valence-electron chi connectivity index (χ0n) is 21.1. The van der Waals surface area contributed by atoms with Crippen molar-refractivity contribution in [3.63, 3.8) is 0 Å². The zero-order chi connectivity index (χ0) is 23.6. The van der Waals surface area contributed by atoms with E-state index < -0.39 is 33.8 Å². The topological polar surface area (TPSA) is 63.2 Å². The number of hydrogen-bond acceptors (Lipinski definition) is 6. The van der Waals surface area contributed by atoms with Crippen LogP contribution in [0.3, 0.4) is 0 Å². The lowest BCUT2D eigenvalue weighted by Gasteiger charge is -2.41. The van der Waals surface area contributed by atoms with Gasteiger partial charge in [-0.3, -0.25) is 0 Å². The van der Waals surface area contributed by atoms with E-state index in [-0.39, 0.29) is 5.97 Å². The summed E-state index contributed by atoms with van der Waals surface area (Å²) >= 11 is 0. The van der Waals surface area contributed by atoms with Crippen molar-refractivity contribution in [3.8, 4) is 0 Å². The Bertz CT molecular complexity index is 549. The molecule has 0 aliphatic carbocycles. The minimum atomic E-state index is -2.34. The highest BCUT2D eigenvalue weighted by Gasteiger charge is 2.43. The van der Waals surface area contributed by atoms with Gasteiger partial charge >= 0.3 is 23.1 Å². The van der Waals surface area contributed by atoms with Crippen molar-refractivity contribution in [2.75, 3.05) is 19.8 Å². The van der Waals surface area contributed by atoms with Crippen LogP contribution < -0.4 is 0 Å². The van der Waals surface area contributed by atoms with E-state index in [0.717, 1.165) is 38.1 Å². The lowest BCUT2D eigenvalue weighted by atomic mass is 10.4. The predicted molar refractivity (Wildman–Crippen MR) is 134 cm³/mol. The van der Waals surface area contributed by atoms with E-state index in [1.165, 1.54) is 0 Å². The van der Waals surface area contributed by atoms with Crippen LogP contribution in [-0.4, -0.2) is 59.5 Å². The zero-order valence-corrected chi connectivity index (χ0v) is 25.1. The van der Waals surface area contributed by atoms with Crippen molar-refractivity contribution in [2.45, 2.75) is 91.2 Å². The van der Waals surface area contributed by atoms with Crippen molar-refractivity contribution in [1.29, 1.82) is 0 Å². The molecule has 0 aromatic heterocycles. The maximum absolute atomic E-state index is 11.5. The fraction of sp³-hybridized carbons (Fsp3) is 0.850. The molecule has 0 saturated carbocycles. The Hall–Kier alpha value is -0.0825. The molecule has 0 aliphatic rings. The molecule has 0 atom stereocenters. The van der Waals surface area contributed by atoms with E-state index in [4.69, 9.17) is 21.8 Å². The third-order valence-electron chi connectivity index (χ3n) is 4.31. The summed E-state index contributed by atoms with van der Waals surface area (Å²) in [6, 6.07) is 1.98. The summed E-state index contributed by atoms with van der Waals surface area (Å²) < 4.78 is 30.4. The minimum absolute atomic E-state index is 0.327. The van der Waals surface area contributed by atoms with E-state index in [0.29, 0.717) is 12.2 Å². The standard InChI is InChI=1S/C20H46O6Si4/c1-12-22-15-13-17-27(4,5)24-29(8,9)26-30(10,11)25-28(6,7)18-14-16-23-20(21)19(2)3/h2,12-18H2,1,3-11H3. The van der Waals surface area contributed by atoms with E-state index >= 15 is 0 Å². The fourth-order valence-corrected chi connectivity index (χ4v) is 22.9. The lowest BCUT2D eigenvalue weighted by Crippen LogP contribution is -2.56. The van der Waals surface area contributed by atoms with Gasteiger partial charge in [-0.15, -0.1) is 0 Å². The molecule has 30 heavy (non-hydrogen) atoms. The summed E-state index contributed by atoms with van der Waals surface area (Å²) in [5.74, 6) is -0.327. The molecule has 178 valence electrons. The van der Waals surface area contributed by atoms with Gasteiger partial charge in [0.05, 0.1) is 6.61 Å². The second-order valence-corrected chi connectivity index (χ2v) is 26.0. The number of hydrogen-bond donors (Lipinski definition) is 0. The number of ether oxygens (including phenoxy) is 2. The van der Waals surface area contributed by atoms with Crippen LogP contribution in [-0.2, 0) is 26.6 Å². The second-order valence-electron chi connectivity index (χ2n) is 9.95. The molecule has 0 rings (SSSR count). The van der Waals surface area contributed by atoms with Crippen LogP contribution >= 0.6 is 0 Å². The molecular formula is C20H46O6Si4. The predicted octanol–water partition coefficient (Wildman–Crippen LogP) is 5.79. The first-order valence-electron chi connectivity index (χ1n) is 11.0. The largest absolute Gasteiger partial charge is 0.462 e. The van der Waals surface area contributed by atoms with E-state index in [1.807, 2.05) is 6.92 Å². The molecule has 0 radical (unpaired) electrons. The first-order valence-corrected chi connectivity index (χ1v) is 22.9. The molecule has 0 heterocycles. The molecule has 0 aliphatic heterocycles. The smallest absolute Gasteiger partial charge is 0.333 e. The summed E-state index contributed by atoms with van der Waals surface area (Å²) in [4.78, 5) is 11.5. The number of esters is 1. The third kappa shape index (κ3) is 14.8. The maximum Gasteiger partial charge on any atom is 0.333 e. The van der Waals surface area contributed by atoms with Crippen LogP contribution in [0.1, 0.15) is 26.7 Å². The Balaban J connectivity index is 4.63. The van der Waals surface area contributed by atoms with Crippen molar-refractivity contribution >= 4 is 39.7 Å². The summed E-state index contributed by atoms with van der Waals surface area (Å²) in [5.41, 5.74) is 0.432. The van der Waals surface area contributed by atoms with Gasteiger partial charge < -0.3 is 21.8 Å². The molecule has 0 amide bonds. The van der Waals surface area contributed by atoms with Gasteiger partial charge in [-0.2, -0.15) is 0 Å². The Morgan fingerprint density at radius 2 is 1.20 bits per heavy atom. The highest BCUT2D eigenvalue weighted by molar-refractivity contribution is 6.89. The van der Waals surface area contributed by atoms with Gasteiger partial charge in [0.2, 0.25) is 0 Å². The first kappa shape index (κ1) is 29.9. The molecule has 0 spiro atoms. The number of rotatable bonds is 16. The van der Waals surface area contributed by atoms with Crippen molar-refractivity contribution in [3.05, 3.63) is 12.2 Å². The summed E-state index contributed by atoms with van der Waals surface area (Å²) in [5, 5.41) is 0. The van der Waals surface area contributed by atoms with Crippen LogP contribution in [0.15, 0.2) is 12.2 Å². The van der Waals surface area contributed by atoms with Crippen LogP contribution in [0.2, 0.25) is 64.5 Å². The van der Waals surface area contributed by atoms with Gasteiger partial charge in [0.1, 0.15) is 0 Å². The van der Waals surface area contributed by atoms with Crippen molar-refractivity contribution < 1.29 is 26.6 Å². The SMILES string of the molecule is C=C(C)C(=O)OCCC[Si](C)(C)O[Si](C)(C)O[Si](C)(C)O[Si](C)(C)CCCOCC. The quantitative estimate of drug-likeness (QED) is 0.117. The first-order chi connectivity index (χ1) is 13.5. The molecule has 10 heteroatoms. The van der Waals surface area contributed by atoms with Crippen molar-refractivity contribution in [2.24, 2.45) is 0 Å². The molecule has 0 N–H and O–H groups in total. The molecule has 0 saturated heterocycles. The monoisotopic (exact) mass is 494 g/mol. The van der Waals surface area contributed by atoms with Gasteiger partial charge in [0.15, 0.2) is 16.6 Å². The van der Waals surface area contributed by atoms with E-state index in [2.05, 4.69) is 59.0 Å². The highest BCUT2D eigenvalue weighted by atomic mass is 28.5. The maximum atomic E-state index is 11.5. The fourth-order valence-electron chi connectivity index (χ4n) is 3.60. The average molecular weight is 495 g/mol. The van der Waals surface area contributed by atoms with Crippen LogP contribution in [0.4, 0.5) is 0 Å². The van der Waals surface area contributed by atoms with Gasteiger partial charge in [0.25, 0.3) is 0 Å². The Morgan fingerprint density at radius 3 is 1.60 bits per heavy atom. The van der Waals surface area contributed by atoms with Gasteiger partial charge in [-0.05, 0) is 91.2 Å². The molecule has 0 aromatic carbocycles. The van der Waals surface area contributed by atoms with E-state index in [1.54, 1.807) is 6.92 Å². The normalized spacial score (nSPS) is 13.4. The Kier molecular flexibility index (Phi) is 12.8. The number of carbonyl (C=O) groups excluding carboxylic acids is 1. The molecule has 0 aromatic rings. The van der Waals surface area contributed by atoms with Crippen LogP contribution in [0, 0.1) is 0 Å².